The predicted octanol–water partition coefficient (Wildman–Crippen LogP) is 3.66. The minimum atomic E-state index is -0.617. The Morgan fingerprint density at radius 2 is 1.68 bits per heavy atom. The Bertz CT molecular complexity index is 1550. The molecule has 0 radical (unpaired) electrons. The van der Waals surface area contributed by atoms with Crippen LogP contribution in [0.25, 0.3) is 0 Å². The van der Waals surface area contributed by atoms with Crippen LogP contribution in [-0.2, 0) is 13.5 Å². The van der Waals surface area contributed by atoms with E-state index in [0.717, 1.165) is 12.1 Å². The van der Waals surface area contributed by atoms with Crippen LogP contribution in [0.3, 0.4) is 0 Å². The van der Waals surface area contributed by atoms with Crippen LogP contribution in [0.2, 0.25) is 0 Å². The number of carbonyl (C=O) groups is 3. The van der Waals surface area contributed by atoms with Crippen molar-refractivity contribution in [3.63, 3.8) is 0 Å². The first kappa shape index (κ1) is 27.6. The molecule has 40 heavy (non-hydrogen) atoms. The topological polar surface area (TPSA) is 157 Å². The van der Waals surface area contributed by atoms with Crippen LogP contribution < -0.4 is 16.0 Å². The van der Waals surface area contributed by atoms with Crippen molar-refractivity contribution in [1.29, 1.82) is 0 Å². The summed E-state index contributed by atoms with van der Waals surface area (Å²) in [5.74, 6) is -0.638. The van der Waals surface area contributed by atoms with Crippen LogP contribution in [0.15, 0.2) is 27.7 Å². The van der Waals surface area contributed by atoms with Gasteiger partial charge in [-0.1, -0.05) is 20.3 Å². The third-order valence-electron chi connectivity index (χ3n) is 6.95. The summed E-state index contributed by atoms with van der Waals surface area (Å²) in [5.41, 5.74) is 1.46. The standard InChI is InChI=1S/C26H30N8O4S2/c1-6-12(2)19-26-31-18(10-40-26)22(36)29-16(7-15-8-27-11-34(15)5)25-30-17(9-39-25)21(35)28-13(3)24-33-20(14(4)38-24)23(37)32-19/h8-13,16,19H,6-7H2,1-5H3,(H,28,35)(H,29,36)(H,32,37)/t12-,13?,16-,19-/m0/s1. The van der Waals surface area contributed by atoms with Gasteiger partial charge in [0.05, 0.1) is 18.4 Å². The summed E-state index contributed by atoms with van der Waals surface area (Å²) in [4.78, 5) is 57.5. The second-order valence-corrected chi connectivity index (χ2v) is 11.6. The van der Waals surface area contributed by atoms with Crippen LogP contribution in [-0.4, -0.2) is 42.2 Å². The van der Waals surface area contributed by atoms with Crippen molar-refractivity contribution in [2.75, 3.05) is 0 Å². The molecule has 0 spiro atoms. The fraction of sp³-hybridized carbons (Fsp3) is 0.423. The Kier molecular flexibility index (Phi) is 7.81. The zero-order chi connectivity index (χ0) is 28.6. The van der Waals surface area contributed by atoms with Crippen molar-refractivity contribution < 1.29 is 18.8 Å². The first-order valence-corrected chi connectivity index (χ1v) is 14.7. The summed E-state index contributed by atoms with van der Waals surface area (Å²) in [5, 5.41) is 13.4. The maximum atomic E-state index is 13.4. The van der Waals surface area contributed by atoms with Crippen molar-refractivity contribution in [2.24, 2.45) is 13.0 Å². The number of carbonyl (C=O) groups excluding carboxylic acids is 3. The molecule has 210 valence electrons. The summed E-state index contributed by atoms with van der Waals surface area (Å²) in [6.07, 6.45) is 4.60. The fourth-order valence-corrected chi connectivity index (χ4v) is 6.18. The number of nitrogens with zero attached hydrogens (tertiary/aromatic N) is 5. The van der Waals surface area contributed by atoms with Crippen LogP contribution in [0.1, 0.15) is 104 Å². The molecule has 1 unspecified atom stereocenters. The Hall–Kier alpha value is -3.91. The van der Waals surface area contributed by atoms with E-state index < -0.39 is 29.9 Å². The smallest absolute Gasteiger partial charge is 0.274 e. The quantitative estimate of drug-likeness (QED) is 0.329. The number of amides is 3. The molecule has 0 aromatic carbocycles. The number of nitrogens with one attached hydrogen (secondary N) is 3. The van der Waals surface area contributed by atoms with Crippen molar-refractivity contribution in [3.8, 4) is 0 Å². The normalized spacial score (nSPS) is 20.7. The molecule has 12 nitrogen and oxygen atoms in total. The van der Waals surface area contributed by atoms with Crippen LogP contribution in [0.4, 0.5) is 0 Å². The SMILES string of the molecule is CC[C@H](C)[C@@H]1NC(=O)c2nc(oc2C)C(C)NC(=O)c2csc(n2)[C@H](Cc2cncn2C)NC(=O)c2csc1n2. The van der Waals surface area contributed by atoms with Crippen molar-refractivity contribution in [1.82, 2.24) is 40.5 Å². The van der Waals surface area contributed by atoms with Gasteiger partial charge in [0.2, 0.25) is 5.89 Å². The molecule has 4 aromatic rings. The number of imidazole rings is 1. The van der Waals surface area contributed by atoms with Gasteiger partial charge in [-0.15, -0.1) is 22.7 Å². The number of fused-ring (bicyclic) bond motifs is 6. The third kappa shape index (κ3) is 5.54. The minimum absolute atomic E-state index is 0.0350. The summed E-state index contributed by atoms with van der Waals surface area (Å²) >= 11 is 2.59. The molecule has 0 saturated heterocycles. The second-order valence-electron chi connectivity index (χ2n) is 9.86. The largest absolute Gasteiger partial charge is 0.443 e. The highest BCUT2D eigenvalue weighted by Crippen LogP contribution is 2.29. The summed E-state index contributed by atoms with van der Waals surface area (Å²) < 4.78 is 7.64. The number of thiazole rings is 2. The van der Waals surface area contributed by atoms with Gasteiger partial charge in [-0.3, -0.25) is 14.4 Å². The van der Waals surface area contributed by atoms with Gasteiger partial charge in [0.1, 0.15) is 33.2 Å². The van der Waals surface area contributed by atoms with E-state index in [1.807, 2.05) is 25.5 Å². The predicted molar refractivity (Wildman–Crippen MR) is 148 cm³/mol. The van der Waals surface area contributed by atoms with E-state index in [1.54, 1.807) is 37.1 Å². The van der Waals surface area contributed by atoms with E-state index >= 15 is 0 Å². The maximum Gasteiger partial charge on any atom is 0.274 e. The van der Waals surface area contributed by atoms with Gasteiger partial charge in [-0.05, 0) is 19.8 Å². The van der Waals surface area contributed by atoms with Gasteiger partial charge in [0.15, 0.2) is 5.69 Å². The Morgan fingerprint density at radius 3 is 2.35 bits per heavy atom. The van der Waals surface area contributed by atoms with Gasteiger partial charge in [-0.25, -0.2) is 19.9 Å². The van der Waals surface area contributed by atoms with Gasteiger partial charge in [0.25, 0.3) is 17.7 Å². The molecule has 0 aliphatic carbocycles. The first-order chi connectivity index (χ1) is 19.1. The highest BCUT2D eigenvalue weighted by molar-refractivity contribution is 7.10. The molecular weight excluding hydrogens is 552 g/mol. The third-order valence-corrected chi connectivity index (χ3v) is 8.84. The molecule has 4 atom stereocenters. The minimum Gasteiger partial charge on any atom is -0.443 e. The monoisotopic (exact) mass is 582 g/mol. The van der Waals surface area contributed by atoms with Crippen LogP contribution in [0.5, 0.6) is 0 Å². The Morgan fingerprint density at radius 1 is 1.00 bits per heavy atom. The van der Waals surface area contributed by atoms with E-state index in [1.165, 1.54) is 22.7 Å². The summed E-state index contributed by atoms with van der Waals surface area (Å²) in [6, 6.07) is -1.59. The van der Waals surface area contributed by atoms with Gasteiger partial charge in [0, 0.05) is 36.1 Å². The van der Waals surface area contributed by atoms with Crippen molar-refractivity contribution >= 4 is 40.4 Å². The molecule has 6 bridgehead atoms. The van der Waals surface area contributed by atoms with Gasteiger partial charge in [-0.2, -0.15) is 0 Å². The number of aryl methyl sites for hydroxylation is 2. The first-order valence-electron chi connectivity index (χ1n) is 12.9. The van der Waals surface area contributed by atoms with E-state index in [2.05, 4.69) is 35.9 Å². The highest BCUT2D eigenvalue weighted by Gasteiger charge is 2.30. The average Bonchev–Trinajstić information content (AvgIpc) is 3.73. The second kappa shape index (κ2) is 11.3. The molecule has 14 heteroatoms. The molecule has 3 amide bonds. The van der Waals surface area contributed by atoms with Gasteiger partial charge >= 0.3 is 0 Å². The van der Waals surface area contributed by atoms with Crippen LogP contribution >= 0.6 is 22.7 Å². The lowest BCUT2D eigenvalue weighted by Crippen LogP contribution is -2.34. The zero-order valence-corrected chi connectivity index (χ0v) is 24.4. The molecule has 4 aromatic heterocycles. The molecular formula is C26H30N8O4S2. The van der Waals surface area contributed by atoms with Crippen molar-refractivity contribution in [3.05, 3.63) is 67.7 Å². The summed E-state index contributed by atoms with van der Waals surface area (Å²) in [6.45, 7) is 7.42. The van der Waals surface area contributed by atoms with E-state index in [0.29, 0.717) is 22.2 Å². The number of rotatable bonds is 4. The Labute approximate surface area is 238 Å². The molecule has 0 fully saturated rings. The van der Waals surface area contributed by atoms with Crippen LogP contribution in [0, 0.1) is 12.8 Å². The van der Waals surface area contributed by atoms with E-state index in [4.69, 9.17) is 4.42 Å². The molecule has 0 saturated carbocycles. The van der Waals surface area contributed by atoms with E-state index in [-0.39, 0.29) is 34.8 Å². The molecule has 3 N–H and O–H groups in total. The zero-order valence-electron chi connectivity index (χ0n) is 22.7. The lowest BCUT2D eigenvalue weighted by molar-refractivity contribution is 0.0914. The average molecular weight is 583 g/mol. The lowest BCUT2D eigenvalue weighted by Gasteiger charge is -2.22. The molecule has 5 heterocycles. The molecule has 1 aliphatic heterocycles. The number of aromatic nitrogens is 5. The fourth-order valence-electron chi connectivity index (χ4n) is 4.35. The number of hydrogen-bond acceptors (Lipinski definition) is 10. The maximum absolute atomic E-state index is 13.4. The Balaban J connectivity index is 1.56. The summed E-state index contributed by atoms with van der Waals surface area (Å²) in [7, 11) is 1.87. The van der Waals surface area contributed by atoms with Crippen molar-refractivity contribution in [2.45, 2.75) is 58.7 Å². The highest BCUT2D eigenvalue weighted by atomic mass is 32.1. The van der Waals surface area contributed by atoms with Gasteiger partial charge < -0.3 is 24.9 Å². The van der Waals surface area contributed by atoms with E-state index in [9.17, 15) is 14.4 Å². The number of hydrogen-bond donors (Lipinski definition) is 3. The molecule has 5 rings (SSSR count). The number of oxazole rings is 1. The lowest BCUT2D eigenvalue weighted by atomic mass is 9.99. The molecule has 1 aliphatic rings.